The fourth-order valence-corrected chi connectivity index (χ4v) is 7.21. The second-order valence-corrected chi connectivity index (χ2v) is 12.3. The third-order valence-corrected chi connectivity index (χ3v) is 8.90. The van der Waals surface area contributed by atoms with Gasteiger partial charge in [0.1, 0.15) is 12.4 Å². The zero-order valence-electron chi connectivity index (χ0n) is 23.0. The van der Waals surface area contributed by atoms with E-state index in [4.69, 9.17) is 9.47 Å². The number of hydrogen-bond donors (Lipinski definition) is 0. The molecule has 212 valence electrons. The van der Waals surface area contributed by atoms with Crippen LogP contribution >= 0.6 is 43.2 Å². The lowest BCUT2D eigenvalue weighted by Crippen LogP contribution is -2.39. The van der Waals surface area contributed by atoms with Gasteiger partial charge in [0.15, 0.2) is 4.80 Å². The van der Waals surface area contributed by atoms with Crippen LogP contribution in [0.2, 0.25) is 0 Å². The van der Waals surface area contributed by atoms with Crippen LogP contribution in [0.25, 0.3) is 6.08 Å². The first-order valence-electron chi connectivity index (χ1n) is 13.1. The van der Waals surface area contributed by atoms with E-state index in [1.54, 1.807) is 30.6 Å². The molecule has 2 heterocycles. The normalized spacial score (nSPS) is 14.7. The second kappa shape index (κ2) is 12.6. The average Bonchev–Trinajstić information content (AvgIpc) is 3.26. The average molecular weight is 707 g/mol. The highest BCUT2D eigenvalue weighted by molar-refractivity contribution is 9.11. The van der Waals surface area contributed by atoms with Gasteiger partial charge in [0, 0.05) is 5.56 Å². The van der Waals surface area contributed by atoms with Gasteiger partial charge in [-0.1, -0.05) is 59.4 Å². The number of aryl methyl sites for hydroxylation is 1. The molecular formula is C32H25Br2N3O4S. The number of ether oxygens (including phenoxy) is 2. The van der Waals surface area contributed by atoms with Gasteiger partial charge in [0.05, 0.1) is 49.0 Å². The molecule has 0 amide bonds. The number of thiazole rings is 1. The van der Waals surface area contributed by atoms with E-state index in [2.05, 4.69) is 42.9 Å². The molecule has 0 saturated heterocycles. The van der Waals surface area contributed by atoms with E-state index in [1.165, 1.54) is 11.3 Å². The fourth-order valence-electron chi connectivity index (χ4n) is 4.71. The Morgan fingerprint density at radius 1 is 1.12 bits per heavy atom. The van der Waals surface area contributed by atoms with Crippen molar-refractivity contribution in [3.8, 4) is 11.8 Å². The van der Waals surface area contributed by atoms with Gasteiger partial charge >= 0.3 is 5.97 Å². The predicted molar refractivity (Wildman–Crippen MR) is 169 cm³/mol. The van der Waals surface area contributed by atoms with Gasteiger partial charge in [-0.15, -0.1) is 0 Å². The van der Waals surface area contributed by atoms with E-state index in [1.807, 2.05) is 61.5 Å². The maximum atomic E-state index is 13.9. The Labute approximate surface area is 263 Å². The van der Waals surface area contributed by atoms with Crippen LogP contribution in [-0.2, 0) is 16.1 Å². The highest BCUT2D eigenvalue weighted by atomic mass is 79.9. The molecule has 5 rings (SSSR count). The standard InChI is InChI=1S/C32H25Br2N3O4S/c1-4-40-31(39)27-19(3)36-32-37(28(27)21-11-9-18(2)10-12-21)30(38)26(42-32)15-20-13-24(33)29(25(34)14-20)41-17-23-8-6-5-7-22(23)16-35/h5-15,28H,4,17H2,1-3H3/b26-15+/t28-/m0/s1. The molecule has 0 saturated carbocycles. The number of carbonyl (C=O) groups is 1. The summed E-state index contributed by atoms with van der Waals surface area (Å²) in [5.41, 5.74) is 4.60. The van der Waals surface area contributed by atoms with Gasteiger partial charge in [0.2, 0.25) is 0 Å². The summed E-state index contributed by atoms with van der Waals surface area (Å²) >= 11 is 8.45. The maximum absolute atomic E-state index is 13.9. The number of aromatic nitrogens is 1. The van der Waals surface area contributed by atoms with Crippen molar-refractivity contribution in [1.82, 2.24) is 4.57 Å². The van der Waals surface area contributed by atoms with Gasteiger partial charge in [-0.05, 0) is 88.0 Å². The third-order valence-electron chi connectivity index (χ3n) is 6.74. The van der Waals surface area contributed by atoms with Crippen LogP contribution < -0.4 is 19.6 Å². The fraction of sp³-hybridized carbons (Fsp3) is 0.188. The molecule has 10 heteroatoms. The van der Waals surface area contributed by atoms with Crippen molar-refractivity contribution < 1.29 is 14.3 Å². The number of halogens is 2. The largest absolute Gasteiger partial charge is 0.486 e. The summed E-state index contributed by atoms with van der Waals surface area (Å²) in [5, 5.41) is 9.37. The highest BCUT2D eigenvalue weighted by Gasteiger charge is 2.33. The zero-order chi connectivity index (χ0) is 30.0. The Morgan fingerprint density at radius 3 is 2.48 bits per heavy atom. The summed E-state index contributed by atoms with van der Waals surface area (Å²) < 4.78 is 14.8. The zero-order valence-corrected chi connectivity index (χ0v) is 27.0. The SMILES string of the molecule is CCOC(=O)C1=C(C)N=c2s/c(=C/c3cc(Br)c(OCc4ccccc4C#N)c(Br)c3)c(=O)n2[C@H]1c1ccc(C)cc1. The summed E-state index contributed by atoms with van der Waals surface area (Å²) in [6.07, 6.45) is 1.80. The van der Waals surface area contributed by atoms with Crippen molar-refractivity contribution in [2.24, 2.45) is 4.99 Å². The molecule has 0 unspecified atom stereocenters. The Kier molecular flexibility index (Phi) is 8.92. The minimum atomic E-state index is -0.659. The number of rotatable bonds is 7. The maximum Gasteiger partial charge on any atom is 0.338 e. The van der Waals surface area contributed by atoms with Crippen molar-refractivity contribution in [2.45, 2.75) is 33.4 Å². The van der Waals surface area contributed by atoms with Crippen molar-refractivity contribution in [1.29, 1.82) is 5.26 Å². The molecule has 0 aliphatic carbocycles. The number of allylic oxidation sites excluding steroid dienone is 1. The van der Waals surface area contributed by atoms with E-state index in [9.17, 15) is 14.9 Å². The van der Waals surface area contributed by atoms with Crippen molar-refractivity contribution in [2.75, 3.05) is 6.61 Å². The summed E-state index contributed by atoms with van der Waals surface area (Å²) in [5.74, 6) is 0.0925. The summed E-state index contributed by atoms with van der Waals surface area (Å²) in [6, 6.07) is 20.3. The van der Waals surface area contributed by atoms with Crippen LogP contribution in [0.15, 0.2) is 90.7 Å². The minimum Gasteiger partial charge on any atom is -0.486 e. The van der Waals surface area contributed by atoms with Crippen LogP contribution in [0, 0.1) is 18.3 Å². The number of esters is 1. The molecule has 0 bridgehead atoms. The topological polar surface area (TPSA) is 93.7 Å². The third kappa shape index (κ3) is 5.91. The van der Waals surface area contributed by atoms with Crippen LogP contribution in [0.1, 0.15) is 47.7 Å². The van der Waals surface area contributed by atoms with Gasteiger partial charge in [-0.3, -0.25) is 9.36 Å². The molecule has 4 aromatic rings. The van der Waals surface area contributed by atoms with Crippen LogP contribution in [-0.4, -0.2) is 17.1 Å². The van der Waals surface area contributed by atoms with Crippen LogP contribution in [0.5, 0.6) is 5.75 Å². The van der Waals surface area contributed by atoms with Gasteiger partial charge in [0.25, 0.3) is 5.56 Å². The number of benzene rings is 3. The quantitative estimate of drug-likeness (QED) is 0.217. The Bertz CT molecular complexity index is 1930. The molecule has 0 fully saturated rings. The van der Waals surface area contributed by atoms with Crippen molar-refractivity contribution >= 4 is 55.2 Å². The van der Waals surface area contributed by atoms with Gasteiger partial charge in [-0.25, -0.2) is 9.79 Å². The van der Waals surface area contributed by atoms with Crippen molar-refractivity contribution in [3.63, 3.8) is 0 Å². The molecule has 1 atom stereocenters. The molecule has 3 aromatic carbocycles. The minimum absolute atomic E-state index is 0.217. The van der Waals surface area contributed by atoms with Gasteiger partial charge < -0.3 is 9.47 Å². The predicted octanol–water partition coefficient (Wildman–Crippen LogP) is 6.08. The molecule has 0 N–H and O–H groups in total. The van der Waals surface area contributed by atoms with E-state index in [-0.39, 0.29) is 18.8 Å². The lowest BCUT2D eigenvalue weighted by atomic mass is 9.95. The molecule has 0 spiro atoms. The lowest BCUT2D eigenvalue weighted by Gasteiger charge is -2.24. The number of nitrogens with zero attached hydrogens (tertiary/aromatic N) is 3. The molecule has 0 radical (unpaired) electrons. The van der Waals surface area contributed by atoms with Gasteiger partial charge in [-0.2, -0.15) is 5.26 Å². The molecule has 1 aromatic heterocycles. The first kappa shape index (κ1) is 29.7. The molecule has 1 aliphatic rings. The second-order valence-electron chi connectivity index (χ2n) is 9.58. The number of nitriles is 1. The Morgan fingerprint density at radius 2 is 1.81 bits per heavy atom. The lowest BCUT2D eigenvalue weighted by molar-refractivity contribution is -0.139. The molecule has 1 aliphatic heterocycles. The summed E-state index contributed by atoms with van der Waals surface area (Å²) in [6.45, 7) is 5.95. The van der Waals surface area contributed by atoms with E-state index >= 15 is 0 Å². The van der Waals surface area contributed by atoms with Crippen LogP contribution in [0.4, 0.5) is 0 Å². The summed E-state index contributed by atoms with van der Waals surface area (Å²) in [4.78, 5) is 32.1. The summed E-state index contributed by atoms with van der Waals surface area (Å²) in [7, 11) is 0. The van der Waals surface area contributed by atoms with E-state index in [0.29, 0.717) is 40.9 Å². The first-order chi connectivity index (χ1) is 20.2. The number of fused-ring (bicyclic) bond motifs is 1. The van der Waals surface area contributed by atoms with Crippen molar-refractivity contribution in [3.05, 3.63) is 128 Å². The van der Waals surface area contributed by atoms with E-state index < -0.39 is 12.0 Å². The van der Waals surface area contributed by atoms with Crippen LogP contribution in [0.3, 0.4) is 0 Å². The van der Waals surface area contributed by atoms with E-state index in [0.717, 1.165) is 22.3 Å². The molecule has 42 heavy (non-hydrogen) atoms. The first-order valence-corrected chi connectivity index (χ1v) is 15.5. The molecule has 7 nitrogen and oxygen atoms in total. The Balaban J connectivity index is 1.55. The Hall–Kier alpha value is -3.78. The monoisotopic (exact) mass is 705 g/mol. The highest BCUT2D eigenvalue weighted by Crippen LogP contribution is 2.36. The smallest absolute Gasteiger partial charge is 0.338 e. The molecular weight excluding hydrogens is 682 g/mol. The number of hydrogen-bond acceptors (Lipinski definition) is 7. The number of carbonyl (C=O) groups excluding carboxylic acids is 1.